The van der Waals surface area contributed by atoms with Gasteiger partial charge in [0.25, 0.3) is 0 Å². The number of carbonyl (C=O) groups excluding carboxylic acids is 1. The average molecular weight is 230 g/mol. The van der Waals surface area contributed by atoms with Crippen LogP contribution in [0.25, 0.3) is 0 Å². The number of hydrogen-bond acceptors (Lipinski definition) is 3. The van der Waals surface area contributed by atoms with Crippen LogP contribution in [0.4, 0.5) is 17.2 Å². The number of aryl methyl sites for hydroxylation is 1. The smallest absolute Gasteiger partial charge is 0.222 e. The molecule has 0 radical (unpaired) electrons. The number of hydrogen-bond donors (Lipinski definition) is 3. The maximum atomic E-state index is 10.8. The van der Waals surface area contributed by atoms with Crippen molar-refractivity contribution in [2.45, 2.75) is 13.8 Å². The van der Waals surface area contributed by atoms with Crippen molar-refractivity contribution in [3.05, 3.63) is 36.3 Å². The molecule has 5 nitrogen and oxygen atoms in total. The van der Waals surface area contributed by atoms with Crippen molar-refractivity contribution < 1.29 is 4.79 Å². The Morgan fingerprint density at radius 2 is 2.18 bits per heavy atom. The molecule has 0 aliphatic heterocycles. The Bertz CT molecular complexity index is 516. The van der Waals surface area contributed by atoms with E-state index >= 15 is 0 Å². The first-order chi connectivity index (χ1) is 8.15. The van der Waals surface area contributed by atoms with Gasteiger partial charge in [-0.15, -0.1) is 0 Å². The van der Waals surface area contributed by atoms with E-state index in [4.69, 9.17) is 0 Å². The molecule has 0 saturated carbocycles. The molecule has 0 fully saturated rings. The van der Waals surface area contributed by atoms with Crippen molar-refractivity contribution in [2.75, 3.05) is 10.6 Å². The zero-order chi connectivity index (χ0) is 12.3. The molecule has 5 heteroatoms. The van der Waals surface area contributed by atoms with Gasteiger partial charge in [0.05, 0.1) is 17.6 Å². The van der Waals surface area contributed by atoms with Gasteiger partial charge >= 0.3 is 0 Å². The monoisotopic (exact) mass is 230 g/mol. The van der Waals surface area contributed by atoms with Crippen LogP contribution < -0.4 is 10.6 Å². The zero-order valence-electron chi connectivity index (χ0n) is 9.74. The van der Waals surface area contributed by atoms with E-state index < -0.39 is 0 Å². The lowest BCUT2D eigenvalue weighted by Gasteiger charge is -2.06. The number of nitrogens with zero attached hydrogens (tertiary/aromatic N) is 1. The third kappa shape index (κ3) is 2.84. The second-order valence-corrected chi connectivity index (χ2v) is 3.75. The van der Waals surface area contributed by atoms with Gasteiger partial charge < -0.3 is 15.6 Å². The molecule has 0 saturated heterocycles. The van der Waals surface area contributed by atoms with Gasteiger partial charge in [-0.25, -0.2) is 4.98 Å². The number of aromatic amines is 1. The molecule has 0 aliphatic carbocycles. The predicted octanol–water partition coefficient (Wildman–Crippen LogP) is 2.42. The van der Waals surface area contributed by atoms with Crippen LogP contribution in [0.2, 0.25) is 0 Å². The van der Waals surface area contributed by atoms with E-state index in [2.05, 4.69) is 20.6 Å². The molecule has 2 aromatic heterocycles. The van der Waals surface area contributed by atoms with E-state index in [1.807, 2.05) is 25.3 Å². The SMILES string of the molecule is CC(=O)Nc1ccc(Nc2cc[nH]c2C)cn1. The maximum Gasteiger partial charge on any atom is 0.222 e. The number of H-pyrrole nitrogens is 1. The lowest BCUT2D eigenvalue weighted by atomic mass is 10.3. The first kappa shape index (κ1) is 11.2. The Labute approximate surface area is 99.3 Å². The minimum atomic E-state index is -0.125. The van der Waals surface area contributed by atoms with Gasteiger partial charge in [-0.1, -0.05) is 0 Å². The van der Waals surface area contributed by atoms with Gasteiger partial charge in [0.1, 0.15) is 5.82 Å². The fourth-order valence-corrected chi connectivity index (χ4v) is 1.47. The lowest BCUT2D eigenvalue weighted by Crippen LogP contribution is -2.07. The molecule has 17 heavy (non-hydrogen) atoms. The Morgan fingerprint density at radius 3 is 2.71 bits per heavy atom. The largest absolute Gasteiger partial charge is 0.363 e. The standard InChI is InChI=1S/C12H14N4O/c1-8-11(5-6-13-8)16-10-3-4-12(14-7-10)15-9(2)17/h3-7,13,16H,1-2H3,(H,14,15,17). The van der Waals surface area contributed by atoms with Crippen molar-refractivity contribution in [1.29, 1.82) is 0 Å². The summed E-state index contributed by atoms with van der Waals surface area (Å²) in [5.74, 6) is 0.425. The van der Waals surface area contributed by atoms with Crippen LogP contribution in [-0.2, 0) is 4.79 Å². The summed E-state index contributed by atoms with van der Waals surface area (Å²) >= 11 is 0. The summed E-state index contributed by atoms with van der Waals surface area (Å²) in [4.78, 5) is 18.0. The van der Waals surface area contributed by atoms with Crippen molar-refractivity contribution in [3.63, 3.8) is 0 Å². The molecule has 1 amide bonds. The van der Waals surface area contributed by atoms with Crippen molar-refractivity contribution >= 4 is 23.1 Å². The molecule has 88 valence electrons. The van der Waals surface area contributed by atoms with Crippen LogP contribution in [0.1, 0.15) is 12.6 Å². The third-order valence-corrected chi connectivity index (χ3v) is 2.30. The Hall–Kier alpha value is -2.30. The third-order valence-electron chi connectivity index (χ3n) is 2.30. The highest BCUT2D eigenvalue weighted by molar-refractivity contribution is 5.87. The van der Waals surface area contributed by atoms with Crippen LogP contribution in [0.5, 0.6) is 0 Å². The Balaban J connectivity index is 2.08. The molecule has 0 spiro atoms. The number of anilines is 3. The predicted molar refractivity (Wildman–Crippen MR) is 67.4 cm³/mol. The van der Waals surface area contributed by atoms with Gasteiger partial charge in [-0.3, -0.25) is 4.79 Å². The van der Waals surface area contributed by atoms with Gasteiger partial charge in [-0.05, 0) is 25.1 Å². The molecule has 2 rings (SSSR count). The molecule has 2 heterocycles. The molecule has 0 aliphatic rings. The number of carbonyl (C=O) groups is 1. The molecule has 0 unspecified atom stereocenters. The van der Waals surface area contributed by atoms with Gasteiger partial charge in [0.15, 0.2) is 0 Å². The summed E-state index contributed by atoms with van der Waals surface area (Å²) in [6, 6.07) is 5.58. The number of aromatic nitrogens is 2. The van der Waals surface area contributed by atoms with E-state index in [-0.39, 0.29) is 5.91 Å². The van der Waals surface area contributed by atoms with Crippen LogP contribution in [0, 0.1) is 6.92 Å². The Kier molecular flexibility index (Phi) is 3.09. The summed E-state index contributed by atoms with van der Waals surface area (Å²) in [5.41, 5.74) is 2.96. The molecule has 0 bridgehead atoms. The quantitative estimate of drug-likeness (QED) is 0.758. The topological polar surface area (TPSA) is 69.8 Å². The minimum Gasteiger partial charge on any atom is -0.363 e. The lowest BCUT2D eigenvalue weighted by molar-refractivity contribution is -0.114. The van der Waals surface area contributed by atoms with Crippen LogP contribution in [-0.4, -0.2) is 15.9 Å². The molecule has 0 aromatic carbocycles. The molecular formula is C12H14N4O. The van der Waals surface area contributed by atoms with Crippen molar-refractivity contribution in [1.82, 2.24) is 9.97 Å². The Morgan fingerprint density at radius 1 is 1.35 bits per heavy atom. The maximum absolute atomic E-state index is 10.8. The summed E-state index contributed by atoms with van der Waals surface area (Å²) in [6.07, 6.45) is 3.55. The minimum absolute atomic E-state index is 0.125. The molecular weight excluding hydrogens is 216 g/mol. The number of rotatable bonds is 3. The summed E-state index contributed by atoms with van der Waals surface area (Å²) in [6.45, 7) is 3.44. The average Bonchev–Trinajstić information content (AvgIpc) is 2.67. The van der Waals surface area contributed by atoms with E-state index in [1.165, 1.54) is 6.92 Å². The van der Waals surface area contributed by atoms with E-state index in [0.717, 1.165) is 17.1 Å². The summed E-state index contributed by atoms with van der Waals surface area (Å²) in [7, 11) is 0. The second kappa shape index (κ2) is 4.69. The zero-order valence-corrected chi connectivity index (χ0v) is 9.74. The highest BCUT2D eigenvalue weighted by Gasteiger charge is 2.01. The summed E-state index contributed by atoms with van der Waals surface area (Å²) in [5, 5.41) is 5.84. The molecule has 3 N–H and O–H groups in total. The molecule has 0 atom stereocenters. The van der Waals surface area contributed by atoms with Crippen molar-refractivity contribution in [2.24, 2.45) is 0 Å². The van der Waals surface area contributed by atoms with E-state index in [9.17, 15) is 4.79 Å². The van der Waals surface area contributed by atoms with Crippen LogP contribution >= 0.6 is 0 Å². The summed E-state index contributed by atoms with van der Waals surface area (Å²) < 4.78 is 0. The number of nitrogens with one attached hydrogen (secondary N) is 3. The van der Waals surface area contributed by atoms with E-state index in [0.29, 0.717) is 5.82 Å². The van der Waals surface area contributed by atoms with Crippen molar-refractivity contribution in [3.8, 4) is 0 Å². The highest BCUT2D eigenvalue weighted by atomic mass is 16.1. The normalized spacial score (nSPS) is 10.0. The van der Waals surface area contributed by atoms with Gasteiger partial charge in [0.2, 0.25) is 5.91 Å². The van der Waals surface area contributed by atoms with E-state index in [1.54, 1.807) is 12.3 Å². The highest BCUT2D eigenvalue weighted by Crippen LogP contribution is 2.19. The van der Waals surface area contributed by atoms with Crippen LogP contribution in [0.3, 0.4) is 0 Å². The fourth-order valence-electron chi connectivity index (χ4n) is 1.47. The number of pyridine rings is 1. The molecule has 2 aromatic rings. The van der Waals surface area contributed by atoms with Gasteiger partial charge in [-0.2, -0.15) is 0 Å². The second-order valence-electron chi connectivity index (χ2n) is 3.75. The first-order valence-corrected chi connectivity index (χ1v) is 5.30. The van der Waals surface area contributed by atoms with Gasteiger partial charge in [0, 0.05) is 18.8 Å². The first-order valence-electron chi connectivity index (χ1n) is 5.30. The van der Waals surface area contributed by atoms with Crippen LogP contribution in [0.15, 0.2) is 30.6 Å². The fraction of sp³-hybridized carbons (Fsp3) is 0.167. The number of amides is 1.